The first-order chi connectivity index (χ1) is 9.56. The normalized spacial score (nSPS) is 29.9. The Hall–Kier alpha value is -0.860. The molecular formula is C18H27NO. The lowest BCUT2D eigenvalue weighted by Gasteiger charge is -2.29. The molecule has 1 aromatic carbocycles. The summed E-state index contributed by atoms with van der Waals surface area (Å²) in [5.74, 6) is 0.454. The second kappa shape index (κ2) is 5.50. The Kier molecular flexibility index (Phi) is 3.87. The highest BCUT2D eigenvalue weighted by Crippen LogP contribution is 2.41. The average Bonchev–Trinajstić information content (AvgIpc) is 2.62. The molecule has 1 aromatic rings. The van der Waals surface area contributed by atoms with Crippen molar-refractivity contribution >= 4 is 0 Å². The minimum atomic E-state index is -0.138. The van der Waals surface area contributed by atoms with Crippen LogP contribution in [0.4, 0.5) is 0 Å². The zero-order valence-corrected chi connectivity index (χ0v) is 12.8. The number of hydrogen-bond acceptors (Lipinski definition) is 2. The summed E-state index contributed by atoms with van der Waals surface area (Å²) in [6.45, 7) is 7.68. The Morgan fingerprint density at radius 2 is 2.00 bits per heavy atom. The predicted octanol–water partition coefficient (Wildman–Crippen LogP) is 3.23. The highest BCUT2D eigenvalue weighted by molar-refractivity contribution is 5.28. The molecule has 2 heteroatoms. The van der Waals surface area contributed by atoms with E-state index >= 15 is 0 Å². The Morgan fingerprint density at radius 3 is 2.70 bits per heavy atom. The number of benzene rings is 1. The summed E-state index contributed by atoms with van der Waals surface area (Å²) in [6, 6.07) is 8.84. The zero-order valence-electron chi connectivity index (χ0n) is 12.8. The molecule has 20 heavy (non-hydrogen) atoms. The minimum absolute atomic E-state index is 0.106. The maximum atomic E-state index is 10.5. The van der Waals surface area contributed by atoms with E-state index in [0.717, 1.165) is 19.5 Å². The van der Waals surface area contributed by atoms with E-state index < -0.39 is 0 Å². The third-order valence-electron chi connectivity index (χ3n) is 5.33. The first-order valence-electron chi connectivity index (χ1n) is 8.03. The van der Waals surface area contributed by atoms with E-state index in [-0.39, 0.29) is 11.5 Å². The predicted molar refractivity (Wildman–Crippen MR) is 82.6 cm³/mol. The fourth-order valence-corrected chi connectivity index (χ4v) is 3.95. The maximum absolute atomic E-state index is 10.5. The van der Waals surface area contributed by atoms with Crippen LogP contribution in [0.3, 0.4) is 0 Å². The number of aryl methyl sites for hydroxylation is 1. The van der Waals surface area contributed by atoms with Gasteiger partial charge in [0.25, 0.3) is 0 Å². The van der Waals surface area contributed by atoms with Gasteiger partial charge in [0.2, 0.25) is 0 Å². The second-order valence-electron chi connectivity index (χ2n) is 7.34. The summed E-state index contributed by atoms with van der Waals surface area (Å²) in [4.78, 5) is 2.56. The molecule has 0 radical (unpaired) electrons. The topological polar surface area (TPSA) is 23.5 Å². The molecule has 1 aliphatic carbocycles. The van der Waals surface area contributed by atoms with E-state index in [0.29, 0.717) is 5.92 Å². The third-order valence-corrected chi connectivity index (χ3v) is 5.33. The maximum Gasteiger partial charge on any atom is 0.0631 e. The van der Waals surface area contributed by atoms with Crippen molar-refractivity contribution in [2.75, 3.05) is 13.1 Å². The molecule has 1 heterocycles. The Balaban J connectivity index is 1.67. The van der Waals surface area contributed by atoms with Gasteiger partial charge in [-0.25, -0.2) is 0 Å². The molecule has 0 spiro atoms. The van der Waals surface area contributed by atoms with Crippen molar-refractivity contribution in [1.29, 1.82) is 0 Å². The van der Waals surface area contributed by atoms with Crippen LogP contribution in [0.15, 0.2) is 24.3 Å². The van der Waals surface area contributed by atoms with Crippen molar-refractivity contribution in [3.63, 3.8) is 0 Å². The fourth-order valence-electron chi connectivity index (χ4n) is 3.95. The molecular weight excluding hydrogens is 246 g/mol. The zero-order chi connectivity index (χ0) is 14.2. The Labute approximate surface area is 122 Å². The molecule has 3 rings (SSSR count). The summed E-state index contributed by atoms with van der Waals surface area (Å²) in [5.41, 5.74) is 3.10. The molecule has 1 fully saturated rings. The van der Waals surface area contributed by atoms with Crippen LogP contribution in [0.2, 0.25) is 0 Å². The van der Waals surface area contributed by atoms with Crippen molar-refractivity contribution in [3.8, 4) is 0 Å². The van der Waals surface area contributed by atoms with Crippen LogP contribution in [0.5, 0.6) is 0 Å². The smallest absolute Gasteiger partial charge is 0.0631 e. The summed E-state index contributed by atoms with van der Waals surface area (Å²) < 4.78 is 0. The van der Waals surface area contributed by atoms with E-state index in [1.165, 1.54) is 36.9 Å². The second-order valence-corrected chi connectivity index (χ2v) is 7.34. The van der Waals surface area contributed by atoms with Crippen LogP contribution in [-0.4, -0.2) is 29.2 Å². The molecule has 2 unspecified atom stereocenters. The standard InChI is InChI=1S/C18H27NO/c1-18(2)10-9-16(17(18)20)13-19-11-5-8-14-6-3-4-7-15(14)12-19/h3-4,6-7,16-17,20H,5,8-13H2,1-2H3. The van der Waals surface area contributed by atoms with Crippen molar-refractivity contribution in [2.24, 2.45) is 11.3 Å². The van der Waals surface area contributed by atoms with E-state index in [9.17, 15) is 5.11 Å². The summed E-state index contributed by atoms with van der Waals surface area (Å²) in [6.07, 6.45) is 4.63. The van der Waals surface area contributed by atoms with Crippen LogP contribution in [0.25, 0.3) is 0 Å². The molecule has 0 saturated heterocycles. The van der Waals surface area contributed by atoms with Crippen molar-refractivity contribution in [1.82, 2.24) is 4.90 Å². The van der Waals surface area contributed by atoms with Gasteiger partial charge in [0.15, 0.2) is 0 Å². The van der Waals surface area contributed by atoms with Gasteiger partial charge in [-0.15, -0.1) is 0 Å². The molecule has 110 valence electrons. The first kappa shape index (κ1) is 14.1. The number of rotatable bonds is 2. The highest BCUT2D eigenvalue weighted by Gasteiger charge is 2.41. The van der Waals surface area contributed by atoms with Gasteiger partial charge in [0.05, 0.1) is 6.10 Å². The van der Waals surface area contributed by atoms with Crippen molar-refractivity contribution < 1.29 is 5.11 Å². The molecule has 2 aliphatic rings. The van der Waals surface area contributed by atoms with E-state index in [2.05, 4.69) is 43.0 Å². The first-order valence-corrected chi connectivity index (χ1v) is 8.03. The van der Waals surface area contributed by atoms with Crippen molar-refractivity contribution in [3.05, 3.63) is 35.4 Å². The van der Waals surface area contributed by atoms with Crippen LogP contribution in [0.1, 0.15) is 44.2 Å². The van der Waals surface area contributed by atoms with E-state index in [1.807, 2.05) is 0 Å². The van der Waals surface area contributed by atoms with Gasteiger partial charge in [0.1, 0.15) is 0 Å². The average molecular weight is 273 g/mol. The van der Waals surface area contributed by atoms with Crippen LogP contribution < -0.4 is 0 Å². The summed E-state index contributed by atoms with van der Waals surface area (Å²) in [7, 11) is 0. The van der Waals surface area contributed by atoms with E-state index in [4.69, 9.17) is 0 Å². The number of nitrogens with zero attached hydrogens (tertiary/aromatic N) is 1. The third kappa shape index (κ3) is 2.77. The minimum Gasteiger partial charge on any atom is -0.392 e. The quantitative estimate of drug-likeness (QED) is 0.894. The number of aliphatic hydroxyl groups is 1. The van der Waals surface area contributed by atoms with Gasteiger partial charge in [0, 0.05) is 13.1 Å². The number of fused-ring (bicyclic) bond motifs is 1. The lowest BCUT2D eigenvalue weighted by molar-refractivity contribution is 0.0317. The Morgan fingerprint density at radius 1 is 1.25 bits per heavy atom. The van der Waals surface area contributed by atoms with Crippen LogP contribution >= 0.6 is 0 Å². The number of aliphatic hydroxyl groups excluding tert-OH is 1. The largest absolute Gasteiger partial charge is 0.392 e. The van der Waals surface area contributed by atoms with Gasteiger partial charge < -0.3 is 5.11 Å². The van der Waals surface area contributed by atoms with Gasteiger partial charge in [-0.2, -0.15) is 0 Å². The highest BCUT2D eigenvalue weighted by atomic mass is 16.3. The molecule has 2 nitrogen and oxygen atoms in total. The van der Waals surface area contributed by atoms with Crippen LogP contribution in [-0.2, 0) is 13.0 Å². The van der Waals surface area contributed by atoms with Gasteiger partial charge in [-0.3, -0.25) is 4.90 Å². The SMILES string of the molecule is CC1(C)CCC(CN2CCCc3ccccc3C2)C1O. The lowest BCUT2D eigenvalue weighted by Crippen LogP contribution is -2.36. The Bertz CT molecular complexity index is 468. The van der Waals surface area contributed by atoms with Gasteiger partial charge in [-0.1, -0.05) is 38.1 Å². The molecule has 0 bridgehead atoms. The van der Waals surface area contributed by atoms with Gasteiger partial charge in [-0.05, 0) is 54.7 Å². The lowest BCUT2D eigenvalue weighted by atomic mass is 9.87. The molecule has 1 N–H and O–H groups in total. The van der Waals surface area contributed by atoms with Crippen LogP contribution in [0, 0.1) is 11.3 Å². The number of hydrogen-bond donors (Lipinski definition) is 1. The van der Waals surface area contributed by atoms with E-state index in [1.54, 1.807) is 0 Å². The van der Waals surface area contributed by atoms with Gasteiger partial charge >= 0.3 is 0 Å². The summed E-state index contributed by atoms with van der Waals surface area (Å²) >= 11 is 0. The molecule has 1 aliphatic heterocycles. The molecule has 1 saturated carbocycles. The molecule has 0 aromatic heterocycles. The monoisotopic (exact) mass is 273 g/mol. The summed E-state index contributed by atoms with van der Waals surface area (Å²) in [5, 5.41) is 10.5. The fraction of sp³-hybridized carbons (Fsp3) is 0.667. The van der Waals surface area contributed by atoms with Crippen molar-refractivity contribution in [2.45, 2.75) is 52.2 Å². The molecule has 0 amide bonds. The molecule has 2 atom stereocenters.